The van der Waals surface area contributed by atoms with Gasteiger partial charge < -0.3 is 18.2 Å². The zero-order chi connectivity index (χ0) is 45.2. The van der Waals surface area contributed by atoms with Crippen LogP contribution in [-0.2, 0) is 15.6 Å². The molecular weight excluding hydrogens is 850 g/mol. The Kier molecular flexibility index (Phi) is 9.60. The summed E-state index contributed by atoms with van der Waals surface area (Å²) in [4.78, 5) is 0. The number of hydrogen-bond donors (Lipinski definition) is 0. The Labute approximate surface area is 393 Å². The lowest BCUT2D eigenvalue weighted by Crippen LogP contribution is -2.19. The first kappa shape index (κ1) is 40.1. The van der Waals surface area contributed by atoms with E-state index < -0.39 is 7.37 Å². The second-order valence-corrected chi connectivity index (χ2v) is 19.9. The van der Waals surface area contributed by atoms with Crippen molar-refractivity contribution in [2.75, 3.05) is 6.61 Å². The molecule has 6 heteroatoms. The largest absolute Gasteiger partial charge is 0.338 e. The van der Waals surface area contributed by atoms with Gasteiger partial charge in [0.1, 0.15) is 0 Å². The van der Waals surface area contributed by atoms with Crippen LogP contribution >= 0.6 is 7.37 Å². The molecule has 0 atom stereocenters. The maximum absolute atomic E-state index is 15.0. The van der Waals surface area contributed by atoms with Gasteiger partial charge >= 0.3 is 0 Å². The molecule has 0 amide bonds. The van der Waals surface area contributed by atoms with E-state index in [1.54, 1.807) is 0 Å². The van der Waals surface area contributed by atoms with Crippen LogP contribution < -0.4 is 10.6 Å². The summed E-state index contributed by atoms with van der Waals surface area (Å²) < 4.78 is 28.7. The lowest BCUT2D eigenvalue weighted by Gasteiger charge is -2.20. The molecule has 0 saturated heterocycles. The molecule has 0 bridgehead atoms. The molecule has 68 heavy (non-hydrogen) atoms. The fourth-order valence-corrected chi connectivity index (χ4v) is 12.6. The van der Waals surface area contributed by atoms with Crippen molar-refractivity contribution in [1.82, 2.24) is 13.7 Å². The van der Waals surface area contributed by atoms with E-state index in [0.29, 0.717) is 17.2 Å². The summed E-state index contributed by atoms with van der Waals surface area (Å²) >= 11 is 0. The molecule has 0 saturated carbocycles. The summed E-state index contributed by atoms with van der Waals surface area (Å²) in [6.07, 6.45) is 0. The van der Waals surface area contributed by atoms with Crippen LogP contribution in [0.2, 0.25) is 0 Å². The van der Waals surface area contributed by atoms with E-state index in [9.17, 15) is 4.57 Å². The molecule has 0 unspecified atom stereocenters. The van der Waals surface area contributed by atoms with E-state index in [4.69, 9.17) is 4.52 Å². The van der Waals surface area contributed by atoms with Crippen molar-refractivity contribution in [2.24, 2.45) is 0 Å². The van der Waals surface area contributed by atoms with Gasteiger partial charge in [-0.15, -0.1) is 0 Å². The van der Waals surface area contributed by atoms with Crippen LogP contribution in [0, 0.1) is 0 Å². The molecule has 13 rings (SSSR count). The van der Waals surface area contributed by atoms with Crippen LogP contribution in [0.5, 0.6) is 0 Å². The van der Waals surface area contributed by atoms with Gasteiger partial charge in [-0.3, -0.25) is 4.57 Å². The predicted octanol–water partition coefficient (Wildman–Crippen LogP) is 15.3. The topological polar surface area (TPSA) is 41.1 Å². The normalized spacial score (nSPS) is 12.1. The molecule has 13 aromatic rings. The van der Waals surface area contributed by atoms with Gasteiger partial charge in [0.25, 0.3) is 7.37 Å². The van der Waals surface area contributed by atoms with Crippen LogP contribution in [0.25, 0.3) is 99.0 Å². The van der Waals surface area contributed by atoms with Crippen molar-refractivity contribution >= 4 is 83.4 Å². The molecule has 0 spiro atoms. The highest BCUT2D eigenvalue weighted by molar-refractivity contribution is 7.74. The smallest absolute Gasteiger partial charge is 0.261 e. The molecule has 10 aromatic carbocycles. The van der Waals surface area contributed by atoms with Crippen molar-refractivity contribution in [3.63, 3.8) is 0 Å². The molecule has 0 fully saturated rings. The molecule has 0 aliphatic heterocycles. The number of benzene rings is 10. The van der Waals surface area contributed by atoms with E-state index in [1.807, 2.05) is 60.7 Å². The predicted molar refractivity (Wildman–Crippen MR) is 285 cm³/mol. The van der Waals surface area contributed by atoms with E-state index in [1.165, 1.54) is 43.6 Å². The molecule has 3 aromatic heterocycles. The molecule has 5 nitrogen and oxygen atoms in total. The van der Waals surface area contributed by atoms with Crippen molar-refractivity contribution in [3.8, 4) is 33.6 Å². The quantitative estimate of drug-likeness (QED) is 0.128. The summed E-state index contributed by atoms with van der Waals surface area (Å²) in [5.41, 5.74) is 13.7. The second-order valence-electron chi connectivity index (χ2n) is 17.5. The number of aromatic nitrogens is 3. The molecule has 0 aliphatic rings. The van der Waals surface area contributed by atoms with Gasteiger partial charge in [0.2, 0.25) is 0 Å². The summed E-state index contributed by atoms with van der Waals surface area (Å²) in [6.45, 7) is 0.764. The zero-order valence-electron chi connectivity index (χ0n) is 37.1. The number of para-hydroxylation sites is 4. The summed E-state index contributed by atoms with van der Waals surface area (Å²) in [7, 11) is -3.39. The fourth-order valence-electron chi connectivity index (χ4n) is 10.6. The summed E-state index contributed by atoms with van der Waals surface area (Å²) in [5, 5.41) is 8.64. The number of rotatable bonds is 10. The average Bonchev–Trinajstić information content (AvgIpc) is 4.04. The Morgan fingerprint density at radius 1 is 0.324 bits per heavy atom. The minimum Gasteiger partial charge on any atom is -0.338 e. The second kappa shape index (κ2) is 16.3. The van der Waals surface area contributed by atoms with E-state index in [-0.39, 0.29) is 6.61 Å². The van der Waals surface area contributed by atoms with Gasteiger partial charge in [0.05, 0.1) is 28.7 Å². The highest BCUT2D eigenvalue weighted by atomic mass is 31.2. The van der Waals surface area contributed by atoms with Gasteiger partial charge in [-0.25, -0.2) is 0 Å². The van der Waals surface area contributed by atoms with Crippen molar-refractivity contribution < 1.29 is 9.09 Å². The maximum atomic E-state index is 15.0. The van der Waals surface area contributed by atoms with Gasteiger partial charge in [-0.2, -0.15) is 0 Å². The lowest BCUT2D eigenvalue weighted by molar-refractivity contribution is 0.311. The van der Waals surface area contributed by atoms with Gasteiger partial charge in [-0.1, -0.05) is 146 Å². The Hall–Kier alpha value is -8.21. The van der Waals surface area contributed by atoms with Crippen LogP contribution in [0.1, 0.15) is 0 Å². The van der Waals surface area contributed by atoms with Crippen molar-refractivity contribution in [3.05, 3.63) is 243 Å². The number of hydrogen-bond acceptors (Lipinski definition) is 2. The monoisotopic (exact) mass is 893 g/mol. The highest BCUT2D eigenvalue weighted by Crippen LogP contribution is 2.45. The molecule has 0 radical (unpaired) electrons. The lowest BCUT2D eigenvalue weighted by atomic mass is 9.99. The van der Waals surface area contributed by atoms with Crippen LogP contribution in [-0.4, -0.2) is 20.3 Å². The minimum atomic E-state index is -3.39. The van der Waals surface area contributed by atoms with Gasteiger partial charge in [0, 0.05) is 71.9 Å². The van der Waals surface area contributed by atoms with Crippen molar-refractivity contribution in [2.45, 2.75) is 6.54 Å². The van der Waals surface area contributed by atoms with E-state index >= 15 is 0 Å². The van der Waals surface area contributed by atoms with Crippen LogP contribution in [0.15, 0.2) is 243 Å². The SMILES string of the molecule is O=P(OCCn1c2ccc(-c3cccc(-n4c5ccccc5c5ccccc54)c3)cc2c2cc(-c3cccc(-n4c5ccccc5c5ccccc54)c3)ccc21)(c1ccccc1)c1ccccc1. The molecule has 3 heterocycles. The Balaban J connectivity index is 0.941. The first-order chi connectivity index (χ1) is 33.6. The van der Waals surface area contributed by atoms with Crippen LogP contribution in [0.3, 0.4) is 0 Å². The van der Waals surface area contributed by atoms with E-state index in [2.05, 4.69) is 196 Å². The Bertz CT molecular complexity index is 3740. The molecule has 324 valence electrons. The highest BCUT2D eigenvalue weighted by Gasteiger charge is 2.28. The third-order valence-corrected chi connectivity index (χ3v) is 16.2. The zero-order valence-corrected chi connectivity index (χ0v) is 38.0. The third-order valence-electron chi connectivity index (χ3n) is 13.7. The van der Waals surface area contributed by atoms with E-state index in [0.717, 1.165) is 55.4 Å². The molecule has 0 N–H and O–H groups in total. The van der Waals surface area contributed by atoms with Crippen molar-refractivity contribution in [1.29, 1.82) is 0 Å². The Morgan fingerprint density at radius 2 is 0.691 bits per heavy atom. The maximum Gasteiger partial charge on any atom is 0.261 e. The fraction of sp³-hybridized carbons (Fsp3) is 0.0323. The number of fused-ring (bicyclic) bond motifs is 9. The Morgan fingerprint density at radius 3 is 1.10 bits per heavy atom. The first-order valence-corrected chi connectivity index (χ1v) is 24.8. The molecule has 0 aliphatic carbocycles. The standard InChI is InChI=1S/C62H44N3O2P/c66-68(49-21-3-1-4-22-49,50-23-5-2-6-24-50)67-38-37-63-57-35-33-45(43-17-15-19-47(39-43)64-59-29-11-7-25-51(59)52-26-8-12-30-60(52)64)41-55(57)56-42-46(34-36-58(56)63)44-18-16-20-48(40-44)65-61-31-13-9-27-53(61)54-28-10-14-32-62(54)65/h1-36,39-42H,37-38H2. The van der Waals surface area contributed by atoms with Gasteiger partial charge in [0.15, 0.2) is 0 Å². The van der Waals surface area contributed by atoms with Gasteiger partial charge in [-0.05, 0) is 119 Å². The van der Waals surface area contributed by atoms with Crippen LogP contribution in [0.4, 0.5) is 0 Å². The minimum absolute atomic E-state index is 0.255. The summed E-state index contributed by atoms with van der Waals surface area (Å²) in [6, 6.07) is 85.3. The number of nitrogens with zero attached hydrogens (tertiary/aromatic N) is 3. The first-order valence-electron chi connectivity index (χ1n) is 23.2. The average molecular weight is 894 g/mol. The summed E-state index contributed by atoms with van der Waals surface area (Å²) in [5.74, 6) is 0. The molecular formula is C62H44N3O2P. The third kappa shape index (κ3) is 6.54.